The molecule has 1 fully saturated rings. The summed E-state index contributed by atoms with van der Waals surface area (Å²) in [6.45, 7) is 5.25. The second-order valence-electron chi connectivity index (χ2n) is 6.34. The Morgan fingerprint density at radius 1 is 1.25 bits per heavy atom. The molecule has 0 aromatic rings. The van der Waals surface area contributed by atoms with E-state index in [9.17, 15) is 22.8 Å². The van der Waals surface area contributed by atoms with Crippen LogP contribution in [0.5, 0.6) is 0 Å². The fraction of sp³-hybridized carbons (Fsp3) is 0.846. The van der Waals surface area contributed by atoms with Gasteiger partial charge in [0.15, 0.2) is 0 Å². The van der Waals surface area contributed by atoms with Gasteiger partial charge in [0.1, 0.15) is 6.54 Å². The Kier molecular flexibility index (Phi) is 4.41. The van der Waals surface area contributed by atoms with Gasteiger partial charge in [-0.15, -0.1) is 0 Å². The number of carboxylic acids is 1. The van der Waals surface area contributed by atoms with Crippen LogP contribution in [-0.4, -0.2) is 41.1 Å². The average molecular weight is 295 g/mol. The Hall–Kier alpha value is -1.27. The fourth-order valence-electron chi connectivity index (χ4n) is 2.65. The summed E-state index contributed by atoms with van der Waals surface area (Å²) in [7, 11) is 0. The minimum absolute atomic E-state index is 0.0305. The maximum absolute atomic E-state index is 12.5. The van der Waals surface area contributed by atoms with Crippen LogP contribution in [0, 0.1) is 23.2 Å². The summed E-state index contributed by atoms with van der Waals surface area (Å²) in [5, 5.41) is 9.01. The van der Waals surface area contributed by atoms with Crippen molar-refractivity contribution in [3.05, 3.63) is 0 Å². The number of amides is 1. The molecule has 4 nitrogen and oxygen atoms in total. The maximum atomic E-state index is 12.5. The minimum atomic E-state index is -4.48. The molecule has 0 aromatic heterocycles. The van der Waals surface area contributed by atoms with Crippen LogP contribution in [0.15, 0.2) is 0 Å². The normalized spacial score (nSPS) is 24.6. The number of halogens is 3. The van der Waals surface area contributed by atoms with Crippen LogP contribution in [0.2, 0.25) is 0 Å². The molecule has 1 aliphatic rings. The molecule has 0 heterocycles. The van der Waals surface area contributed by atoms with E-state index in [1.807, 2.05) is 0 Å². The number of carbonyl (C=O) groups is 2. The summed E-state index contributed by atoms with van der Waals surface area (Å²) >= 11 is 0. The number of nitrogens with zero attached hydrogens (tertiary/aromatic N) is 1. The number of aliphatic carboxylic acids is 1. The smallest absolute Gasteiger partial charge is 0.406 e. The van der Waals surface area contributed by atoms with Crippen molar-refractivity contribution in [1.29, 1.82) is 0 Å². The van der Waals surface area contributed by atoms with Crippen LogP contribution in [0.3, 0.4) is 0 Å². The highest BCUT2D eigenvalue weighted by molar-refractivity contribution is 5.91. The van der Waals surface area contributed by atoms with Gasteiger partial charge in [-0.25, -0.2) is 0 Å². The molecule has 1 saturated carbocycles. The zero-order valence-electron chi connectivity index (χ0n) is 12.0. The first-order chi connectivity index (χ1) is 8.88. The maximum Gasteiger partial charge on any atom is 0.406 e. The number of alkyl halides is 3. The first kappa shape index (κ1) is 16.8. The third-order valence-electron chi connectivity index (χ3n) is 3.63. The summed E-state index contributed by atoms with van der Waals surface area (Å²) < 4.78 is 37.6. The SMILES string of the molecule is CC(C)CN(CC(F)(F)F)C(=O)C1C(C(=O)O)C1(C)C. The van der Waals surface area contributed by atoms with Gasteiger partial charge in [0.25, 0.3) is 0 Å². The van der Waals surface area contributed by atoms with Gasteiger partial charge in [-0.05, 0) is 11.3 Å². The van der Waals surface area contributed by atoms with Crippen molar-refractivity contribution in [2.75, 3.05) is 13.1 Å². The number of rotatable bonds is 5. The molecule has 1 aliphatic carbocycles. The number of carboxylic acid groups (broad SMARTS) is 1. The van der Waals surface area contributed by atoms with Gasteiger partial charge in [-0.3, -0.25) is 9.59 Å². The molecular formula is C13H20F3NO3. The second kappa shape index (κ2) is 5.26. The quantitative estimate of drug-likeness (QED) is 0.847. The molecule has 0 aliphatic heterocycles. The van der Waals surface area contributed by atoms with E-state index >= 15 is 0 Å². The summed E-state index contributed by atoms with van der Waals surface area (Å²) in [4.78, 5) is 24.0. The number of hydrogen-bond donors (Lipinski definition) is 1. The number of hydrogen-bond acceptors (Lipinski definition) is 2. The van der Waals surface area contributed by atoms with Crippen LogP contribution < -0.4 is 0 Å². The van der Waals surface area contributed by atoms with E-state index < -0.39 is 41.8 Å². The first-order valence-electron chi connectivity index (χ1n) is 6.46. The Morgan fingerprint density at radius 3 is 2.05 bits per heavy atom. The molecule has 0 aromatic carbocycles. The van der Waals surface area contributed by atoms with Crippen LogP contribution in [0.1, 0.15) is 27.7 Å². The molecule has 0 bridgehead atoms. The predicted molar refractivity (Wildman–Crippen MR) is 65.9 cm³/mol. The van der Waals surface area contributed by atoms with Crippen molar-refractivity contribution in [2.24, 2.45) is 23.2 Å². The van der Waals surface area contributed by atoms with Crippen molar-refractivity contribution < 1.29 is 27.9 Å². The Labute approximate surface area is 115 Å². The van der Waals surface area contributed by atoms with Crippen LogP contribution in [-0.2, 0) is 9.59 Å². The summed E-state index contributed by atoms with van der Waals surface area (Å²) in [5.41, 5.74) is -0.788. The Morgan fingerprint density at radius 2 is 1.75 bits per heavy atom. The molecule has 2 atom stereocenters. The third kappa shape index (κ3) is 3.64. The van der Waals surface area contributed by atoms with Crippen molar-refractivity contribution in [2.45, 2.75) is 33.9 Å². The molecule has 7 heteroatoms. The third-order valence-corrected chi connectivity index (χ3v) is 3.63. The topological polar surface area (TPSA) is 57.6 Å². The first-order valence-corrected chi connectivity index (χ1v) is 6.46. The lowest BCUT2D eigenvalue weighted by atomic mass is 10.1. The van der Waals surface area contributed by atoms with E-state index in [4.69, 9.17) is 5.11 Å². The van der Waals surface area contributed by atoms with E-state index in [-0.39, 0.29) is 12.5 Å². The van der Waals surface area contributed by atoms with Gasteiger partial charge >= 0.3 is 12.1 Å². The highest BCUT2D eigenvalue weighted by atomic mass is 19.4. The van der Waals surface area contributed by atoms with Crippen molar-refractivity contribution in [3.63, 3.8) is 0 Å². The van der Waals surface area contributed by atoms with E-state index in [0.29, 0.717) is 0 Å². The largest absolute Gasteiger partial charge is 0.481 e. The van der Waals surface area contributed by atoms with Gasteiger partial charge < -0.3 is 10.0 Å². The van der Waals surface area contributed by atoms with Crippen LogP contribution >= 0.6 is 0 Å². The van der Waals surface area contributed by atoms with E-state index in [2.05, 4.69) is 0 Å². The fourth-order valence-corrected chi connectivity index (χ4v) is 2.65. The second-order valence-corrected chi connectivity index (χ2v) is 6.34. The lowest BCUT2D eigenvalue weighted by molar-refractivity contribution is -0.163. The predicted octanol–water partition coefficient (Wildman–Crippen LogP) is 2.39. The standard InChI is InChI=1S/C13H20F3NO3/c1-7(2)5-17(6-13(14,15)16)10(18)8-9(11(19)20)12(8,3)4/h7-9H,5-6H2,1-4H3,(H,19,20). The highest BCUT2D eigenvalue weighted by Crippen LogP contribution is 2.59. The molecule has 116 valence electrons. The Balaban J connectivity index is 2.87. The van der Waals surface area contributed by atoms with Gasteiger partial charge in [-0.2, -0.15) is 13.2 Å². The number of carbonyl (C=O) groups excluding carboxylic acids is 1. The molecule has 0 radical (unpaired) electrons. The van der Waals surface area contributed by atoms with Crippen molar-refractivity contribution in [3.8, 4) is 0 Å². The van der Waals surface area contributed by atoms with E-state index in [1.54, 1.807) is 27.7 Å². The van der Waals surface area contributed by atoms with E-state index in [0.717, 1.165) is 4.90 Å². The van der Waals surface area contributed by atoms with Crippen molar-refractivity contribution in [1.82, 2.24) is 4.90 Å². The average Bonchev–Trinajstić information content (AvgIpc) is 2.76. The Bertz CT molecular complexity index is 404. The van der Waals surface area contributed by atoms with Gasteiger partial charge in [0.2, 0.25) is 5.91 Å². The summed E-state index contributed by atoms with van der Waals surface area (Å²) in [6, 6.07) is 0. The summed E-state index contributed by atoms with van der Waals surface area (Å²) in [5.74, 6) is -3.75. The lowest BCUT2D eigenvalue weighted by Crippen LogP contribution is -2.42. The van der Waals surface area contributed by atoms with Crippen molar-refractivity contribution >= 4 is 11.9 Å². The molecule has 1 amide bonds. The van der Waals surface area contributed by atoms with Crippen LogP contribution in [0.25, 0.3) is 0 Å². The molecular weight excluding hydrogens is 275 g/mol. The highest BCUT2D eigenvalue weighted by Gasteiger charge is 2.66. The molecule has 0 spiro atoms. The molecule has 1 N–H and O–H groups in total. The molecule has 2 unspecified atom stereocenters. The zero-order valence-corrected chi connectivity index (χ0v) is 12.0. The van der Waals surface area contributed by atoms with Gasteiger partial charge in [-0.1, -0.05) is 27.7 Å². The van der Waals surface area contributed by atoms with Gasteiger partial charge in [0.05, 0.1) is 11.8 Å². The lowest BCUT2D eigenvalue weighted by Gasteiger charge is -2.26. The van der Waals surface area contributed by atoms with Crippen LogP contribution in [0.4, 0.5) is 13.2 Å². The van der Waals surface area contributed by atoms with Gasteiger partial charge in [0, 0.05) is 6.54 Å². The molecule has 0 saturated heterocycles. The minimum Gasteiger partial charge on any atom is -0.481 e. The molecule has 1 rings (SSSR count). The van der Waals surface area contributed by atoms with E-state index in [1.165, 1.54) is 0 Å². The summed E-state index contributed by atoms with van der Waals surface area (Å²) in [6.07, 6.45) is -4.48. The molecule has 20 heavy (non-hydrogen) atoms. The zero-order chi connectivity index (χ0) is 15.9. The monoisotopic (exact) mass is 295 g/mol.